The molecular formula is C15H17FN2O4. The van der Waals surface area contributed by atoms with Gasteiger partial charge in [-0.25, -0.2) is 14.3 Å². The van der Waals surface area contributed by atoms with Crippen molar-refractivity contribution in [3.8, 4) is 5.75 Å². The zero-order valence-corrected chi connectivity index (χ0v) is 12.2. The minimum atomic E-state index is -0.526. The van der Waals surface area contributed by atoms with E-state index in [1.54, 1.807) is 0 Å². The third-order valence-corrected chi connectivity index (χ3v) is 4.03. The van der Waals surface area contributed by atoms with E-state index >= 15 is 0 Å². The molecule has 0 saturated heterocycles. The van der Waals surface area contributed by atoms with Gasteiger partial charge in [0.05, 0.1) is 12.5 Å². The van der Waals surface area contributed by atoms with Crippen LogP contribution in [-0.4, -0.2) is 29.6 Å². The molecule has 6 nitrogen and oxygen atoms in total. The lowest BCUT2D eigenvalue weighted by atomic mass is 9.86. The molecule has 0 saturated carbocycles. The first-order valence-electron chi connectivity index (χ1n) is 7.14. The van der Waals surface area contributed by atoms with E-state index < -0.39 is 11.7 Å². The highest BCUT2D eigenvalue weighted by Crippen LogP contribution is 2.38. The number of ketones is 1. The molecule has 7 heteroatoms. The van der Waals surface area contributed by atoms with Crippen molar-refractivity contribution >= 4 is 17.4 Å². The van der Waals surface area contributed by atoms with Crippen molar-refractivity contribution < 1.29 is 23.6 Å². The summed E-state index contributed by atoms with van der Waals surface area (Å²) in [6.45, 7) is 1.06. The second-order valence-electron chi connectivity index (χ2n) is 5.62. The summed E-state index contributed by atoms with van der Waals surface area (Å²) >= 11 is 0. The fourth-order valence-corrected chi connectivity index (χ4v) is 3.07. The highest BCUT2D eigenvalue weighted by molar-refractivity contribution is 5.96. The van der Waals surface area contributed by atoms with Gasteiger partial charge in [0.15, 0.2) is 11.6 Å². The largest absolute Gasteiger partial charge is 0.462 e. The van der Waals surface area contributed by atoms with E-state index in [-0.39, 0.29) is 30.8 Å². The van der Waals surface area contributed by atoms with Crippen molar-refractivity contribution in [1.29, 1.82) is 0 Å². The molecule has 1 aromatic carbocycles. The second kappa shape index (κ2) is 5.57. The number of fused-ring (bicyclic) bond motifs is 4. The number of hydroxylamine groups is 2. The third kappa shape index (κ3) is 2.52. The van der Waals surface area contributed by atoms with Gasteiger partial charge in [-0.1, -0.05) is 0 Å². The van der Waals surface area contributed by atoms with Gasteiger partial charge in [-0.2, -0.15) is 0 Å². The third-order valence-electron chi connectivity index (χ3n) is 4.03. The SMILES string of the molecule is CC(=O)CC(=O)N1OCOc2c(F)cc(N)c3c2CCC1C3. The summed E-state index contributed by atoms with van der Waals surface area (Å²) in [5.74, 6) is -1.04. The smallest absolute Gasteiger partial charge is 0.253 e. The first-order chi connectivity index (χ1) is 10.5. The van der Waals surface area contributed by atoms with Gasteiger partial charge in [0, 0.05) is 17.3 Å². The van der Waals surface area contributed by atoms with Gasteiger partial charge in [0.25, 0.3) is 5.91 Å². The lowest BCUT2D eigenvalue weighted by Gasteiger charge is -2.32. The number of benzene rings is 1. The molecule has 1 aromatic rings. The number of carbonyl (C=O) groups excluding carboxylic acids is 2. The van der Waals surface area contributed by atoms with Crippen LogP contribution in [0.3, 0.4) is 0 Å². The van der Waals surface area contributed by atoms with Gasteiger partial charge in [0.2, 0.25) is 6.79 Å². The summed E-state index contributed by atoms with van der Waals surface area (Å²) in [6.07, 6.45) is 1.38. The molecule has 1 atom stereocenters. The number of hydrogen-bond donors (Lipinski definition) is 1. The summed E-state index contributed by atoms with van der Waals surface area (Å²) in [7, 11) is 0. The van der Waals surface area contributed by atoms with E-state index in [1.165, 1.54) is 18.1 Å². The normalized spacial score (nSPS) is 19.9. The van der Waals surface area contributed by atoms with Gasteiger partial charge in [0.1, 0.15) is 5.78 Å². The summed E-state index contributed by atoms with van der Waals surface area (Å²) < 4.78 is 19.4. The fraction of sp³-hybridized carbons (Fsp3) is 0.467. The first kappa shape index (κ1) is 14.8. The van der Waals surface area contributed by atoms with Crippen LogP contribution >= 0.6 is 0 Å². The molecule has 1 aliphatic carbocycles. The van der Waals surface area contributed by atoms with Crippen molar-refractivity contribution in [3.05, 3.63) is 23.0 Å². The molecule has 3 aliphatic rings. The van der Waals surface area contributed by atoms with Crippen LogP contribution < -0.4 is 10.5 Å². The van der Waals surface area contributed by atoms with Gasteiger partial charge in [-0.05, 0) is 31.7 Å². The minimum absolute atomic E-state index is 0.142. The monoisotopic (exact) mass is 308 g/mol. The molecule has 2 aliphatic heterocycles. The topological polar surface area (TPSA) is 81.9 Å². The number of nitrogens with zero attached hydrogens (tertiary/aromatic N) is 1. The van der Waals surface area contributed by atoms with Gasteiger partial charge in [-0.3, -0.25) is 9.59 Å². The molecule has 4 rings (SSSR count). The van der Waals surface area contributed by atoms with E-state index in [1.807, 2.05) is 0 Å². The van der Waals surface area contributed by atoms with Crippen LogP contribution in [0.1, 0.15) is 30.9 Å². The first-order valence-corrected chi connectivity index (χ1v) is 7.14. The minimum Gasteiger partial charge on any atom is -0.462 e. The summed E-state index contributed by atoms with van der Waals surface area (Å²) in [5, 5.41) is 1.19. The number of amides is 1. The fourth-order valence-electron chi connectivity index (χ4n) is 3.07. The van der Waals surface area contributed by atoms with E-state index in [4.69, 9.17) is 15.3 Å². The van der Waals surface area contributed by atoms with E-state index in [9.17, 15) is 14.0 Å². The predicted molar refractivity (Wildman–Crippen MR) is 75.3 cm³/mol. The quantitative estimate of drug-likeness (QED) is 0.659. The Hall–Kier alpha value is -2.15. The lowest BCUT2D eigenvalue weighted by Crippen LogP contribution is -2.44. The maximum atomic E-state index is 14.0. The van der Waals surface area contributed by atoms with Crippen molar-refractivity contribution in [1.82, 2.24) is 5.06 Å². The predicted octanol–water partition coefficient (Wildman–Crippen LogP) is 1.35. The Balaban J connectivity index is 1.96. The van der Waals surface area contributed by atoms with Crippen LogP contribution in [0, 0.1) is 5.82 Å². The molecule has 4 bridgehead atoms. The highest BCUT2D eigenvalue weighted by Gasteiger charge is 2.34. The highest BCUT2D eigenvalue weighted by atomic mass is 19.1. The van der Waals surface area contributed by atoms with Gasteiger partial charge >= 0.3 is 0 Å². The summed E-state index contributed by atoms with van der Waals surface area (Å²) in [4.78, 5) is 28.7. The number of halogens is 1. The van der Waals surface area contributed by atoms with E-state index in [2.05, 4.69) is 0 Å². The number of anilines is 1. The zero-order chi connectivity index (χ0) is 15.9. The molecule has 118 valence electrons. The summed E-state index contributed by atoms with van der Waals surface area (Å²) in [5.41, 5.74) is 7.80. The number of ether oxygens (including phenoxy) is 1. The second-order valence-corrected chi connectivity index (χ2v) is 5.62. The average Bonchev–Trinajstić information content (AvgIpc) is 2.57. The van der Waals surface area contributed by atoms with Crippen LogP contribution in [0.4, 0.5) is 10.1 Å². The van der Waals surface area contributed by atoms with Crippen molar-refractivity contribution in [3.63, 3.8) is 0 Å². The molecular weight excluding hydrogens is 291 g/mol. The Morgan fingerprint density at radius 1 is 1.45 bits per heavy atom. The molecule has 0 spiro atoms. The van der Waals surface area contributed by atoms with Crippen molar-refractivity contribution in [2.24, 2.45) is 0 Å². The van der Waals surface area contributed by atoms with Crippen LogP contribution in [0.25, 0.3) is 0 Å². The Kier molecular flexibility index (Phi) is 3.74. The van der Waals surface area contributed by atoms with Gasteiger partial charge < -0.3 is 10.5 Å². The standard InChI is InChI=1S/C15H17FN2O4/c1-8(19)4-14(20)18-9-2-3-10-11(5-9)13(17)6-12(16)15(10)21-7-22-18/h6,9H,2-5,7,17H2,1H3. The van der Waals surface area contributed by atoms with Crippen LogP contribution in [0.5, 0.6) is 5.75 Å². The number of Topliss-reactive ketones (excluding diaryl/α,β-unsaturated/α-hetero) is 1. The lowest BCUT2D eigenvalue weighted by molar-refractivity contribution is -0.223. The summed E-state index contributed by atoms with van der Waals surface area (Å²) in [6, 6.07) is 1.01. The van der Waals surface area contributed by atoms with Crippen LogP contribution in [-0.2, 0) is 27.3 Å². The zero-order valence-electron chi connectivity index (χ0n) is 12.2. The van der Waals surface area contributed by atoms with E-state index in [0.29, 0.717) is 24.9 Å². The van der Waals surface area contributed by atoms with Crippen LogP contribution in [0.15, 0.2) is 6.07 Å². The molecule has 0 radical (unpaired) electrons. The molecule has 0 fully saturated rings. The Bertz CT molecular complexity index is 647. The molecule has 1 unspecified atom stereocenters. The van der Waals surface area contributed by atoms with Crippen LogP contribution in [0.2, 0.25) is 0 Å². The molecule has 0 aromatic heterocycles. The number of rotatable bonds is 2. The number of nitrogen functional groups attached to an aromatic ring is 1. The Labute approximate surface area is 126 Å². The molecule has 22 heavy (non-hydrogen) atoms. The number of hydrogen-bond acceptors (Lipinski definition) is 5. The van der Waals surface area contributed by atoms with E-state index in [0.717, 1.165) is 11.1 Å². The average molecular weight is 308 g/mol. The maximum Gasteiger partial charge on any atom is 0.253 e. The Morgan fingerprint density at radius 2 is 2.23 bits per heavy atom. The molecule has 1 amide bonds. The number of nitrogens with two attached hydrogens (primary N) is 1. The molecule has 2 heterocycles. The Morgan fingerprint density at radius 3 is 2.95 bits per heavy atom. The van der Waals surface area contributed by atoms with Gasteiger partial charge in [-0.15, -0.1) is 0 Å². The number of carbonyl (C=O) groups is 2. The van der Waals surface area contributed by atoms with Crippen molar-refractivity contribution in [2.75, 3.05) is 12.5 Å². The molecule has 2 N–H and O–H groups in total. The maximum absolute atomic E-state index is 14.0. The van der Waals surface area contributed by atoms with Crippen molar-refractivity contribution in [2.45, 2.75) is 38.6 Å².